The van der Waals surface area contributed by atoms with Crippen LogP contribution >= 0.6 is 0 Å². The third-order valence-corrected chi connectivity index (χ3v) is 14.2. The zero-order valence-corrected chi connectivity index (χ0v) is 83.7. The summed E-state index contributed by atoms with van der Waals surface area (Å²) in [5.74, 6) is 147. The summed E-state index contributed by atoms with van der Waals surface area (Å²) in [7, 11) is 4.38. The number of aliphatic carboxylic acids is 2. The van der Waals surface area contributed by atoms with Crippen molar-refractivity contribution in [3.05, 3.63) is 71.8 Å². The van der Waals surface area contributed by atoms with Gasteiger partial charge in [-0.2, -0.15) is 0 Å². The first-order valence-corrected chi connectivity index (χ1v) is 42.6. The second-order valence-electron chi connectivity index (χ2n) is 31.2. The fraction of sp³-hybridized carbons (Fsp3) is 0.320. The SMILES string of the molecule is CC(C)C[C@H](C(=O)O)N(C)C(=O)OC(C)(C)C.CC(C)C[C@H](C(=O)O[C@H](C)C(=O)O)N(C)C(=O)OC(C)(C)C.CC(C)C[C@H](C(=O)O[C@H](C)C(=O)OCc1ccccc1)N(C)C(=O)OC(C)(C)C.C[C@H](O)C(=O)OCc1ccccc1.[2HH].[2H]C#CC#CC#CC#CC#CC#CC#CC#CC#CC#CC#CC#CC#CC#CC#CC#CC#CC#CC#CC#CC#CC#CC#CC#CC#CC#CC#CC#CC#CC#CC#CC.[2H][2H].[2H][2H].[2H][2H].[2H][2H].[2H][2H].[2H][2H].[2H][2H].[2H][2H].[2H][2H].[2H][2H].[2H][2H].[2H][2H].[2H][2H].[2H][2H].[2H][2H].[2H][2H].[2H][2H].[2H][2H].[2H][2H].[2H][2H].[2H][2H].[2H][2H].[2H][2H].[2H][2H].[2H][2H].[2H][2H].[2H][2H].[2H][2H].[2H][2H].[2H][2H].[2H][2H]. The predicted octanol–water partition coefficient (Wildman–Crippen LogP) is 18.3. The lowest BCUT2D eigenvalue weighted by Crippen LogP contribution is -2.47. The molecule has 0 saturated heterocycles. The van der Waals surface area contributed by atoms with Gasteiger partial charge in [0.05, 0.1) is 0 Å². The predicted molar refractivity (Wildman–Crippen MR) is 618 cm³/mol. The topological polar surface area (TPSA) is 289 Å². The Morgan fingerprint density at radius 3 is 0.708 bits per heavy atom. The first-order valence-electron chi connectivity index (χ1n) is 74.1. The standard InChI is InChI=1S/C63H4.C22H33NO6.C15H27NO6.C12H23NO4.C10H12O3.32H2/c1-3-5-7-9-11-13-15-17-19-21-23-25-27-29-31-33-35-37-39-41-43-45-47-49-51-53-55-57-59-61-63-62-60-58-56-54-52-50-48-46-44-42-40-38-36-34-32-30-28-26-24-22-20-18-16-14-12-10-8-6-4-2;1-15(2)13-18(23(7)21(26)29-22(4,5)6)20(25)28-16(3)19(24)27-14-17-11-9-8-10-12-17;1-9(2)8-11(13(19)21-10(3)12(17)18)16(7)14(20)22-15(4,5)6;1-8(2)7-9(10(14)15)13(6)11(16)17-12(3,4)5;1-8(11)10(12)13-7-9-5-3-2-4-6-9;;;;;;;;;;;;;;;;;;;;;;;;;;;;;;;;/h1H,2H3;8-12,15-16,18H,13-14H2,1-7H3;9-11H,8H2,1-7H3,(H,17,18);8-9H,7H2,1-6H3,(H,14,15);2-6,8,11H,7H2,1H3;32*1H/t;16-,18-;10-,11-;9-;8-;;;;;;;;;;;;;;;;;;;;;;;;;;;;;;;;/m.1110................................/s1/i1D;;;;;31*1+1D;1+1. The summed E-state index contributed by atoms with van der Waals surface area (Å²) in [6.07, 6.45) is -2.29. The molecule has 3 amide bonds. The van der Waals surface area contributed by atoms with E-state index in [0.717, 1.165) is 20.9 Å². The van der Waals surface area contributed by atoms with Crippen molar-refractivity contribution in [1.29, 1.82) is 0 Å². The molecule has 0 aliphatic rings. The van der Waals surface area contributed by atoms with Gasteiger partial charge in [-0.05, 0) is 233 Å². The minimum atomic E-state index is -1.27. The average Bonchev–Trinajstić information content (AvgIpc) is 0.845. The van der Waals surface area contributed by atoms with Gasteiger partial charge >= 0.3 is 54.1 Å². The molecule has 0 aliphatic heterocycles. The third-order valence-electron chi connectivity index (χ3n) is 14.2. The van der Waals surface area contributed by atoms with Crippen LogP contribution in [-0.4, -0.2) is 158 Å². The molecule has 0 radical (unpaired) electrons. The summed E-state index contributed by atoms with van der Waals surface area (Å²) in [5, 5.41) is 26.7. The number of aliphatic hydroxyl groups is 1. The number of esters is 4. The number of rotatable bonds is 21. The lowest BCUT2D eigenvalue weighted by Gasteiger charge is -2.30. The highest BCUT2D eigenvalue weighted by molar-refractivity contribution is 5.86. The molecule has 0 unspecified atom stereocenters. The summed E-state index contributed by atoms with van der Waals surface area (Å²) in [4.78, 5) is 109. The van der Waals surface area contributed by atoms with Crippen molar-refractivity contribution < 1.29 is 186 Å². The summed E-state index contributed by atoms with van der Waals surface area (Å²) in [5.41, 5.74) is -0.247. The monoisotopic (exact) mass is 2040 g/mol. The molecule has 3 N–H and O–H groups in total. The molecule has 0 spiro atoms. The number of terminal acetylenes is 1. The summed E-state index contributed by atoms with van der Waals surface area (Å²) in [6.45, 7) is 33.2. The van der Waals surface area contributed by atoms with Crippen LogP contribution in [0, 0.1) is 385 Å². The van der Waals surface area contributed by atoms with Gasteiger partial charge in [-0.25, -0.2) is 43.2 Å². The van der Waals surface area contributed by atoms with E-state index >= 15 is 0 Å². The van der Waals surface area contributed by atoms with Crippen molar-refractivity contribution in [2.75, 3.05) is 21.1 Å². The molecule has 2 aromatic carbocycles. The zero-order chi connectivity index (χ0) is 171. The van der Waals surface area contributed by atoms with Crippen molar-refractivity contribution in [3.63, 3.8) is 0 Å². The van der Waals surface area contributed by atoms with Crippen molar-refractivity contribution >= 4 is 54.1 Å². The smallest absolute Gasteiger partial charge is 0.410 e. The van der Waals surface area contributed by atoms with Crippen LogP contribution in [0.15, 0.2) is 60.7 Å². The zero-order valence-electron chi connectivity index (χ0n) is 147. The number of nitrogens with zero attached hydrogens (tertiary/aromatic N) is 3. The Kier molecular flexibility index (Phi) is 44.7. The summed E-state index contributed by atoms with van der Waals surface area (Å²) < 4.78 is 352. The van der Waals surface area contributed by atoms with E-state index in [1.165, 1.54) is 46.8 Å². The van der Waals surface area contributed by atoms with Gasteiger partial charge in [0.25, 0.3) is 0 Å². The second-order valence-corrected chi connectivity index (χ2v) is 31.2. The number of hydrogen-bond acceptors (Lipinski definition) is 17. The molecule has 0 bridgehead atoms. The molecule has 0 aliphatic carbocycles. The second kappa shape index (κ2) is 80.8. The first kappa shape index (κ1) is 79.6. The molecule has 22 heteroatoms. The molecule has 0 heterocycles. The van der Waals surface area contributed by atoms with Crippen LogP contribution in [0.25, 0.3) is 0 Å². The number of carbonyl (C=O) groups excluding carboxylic acids is 7. The number of aliphatic hydroxyl groups excluding tert-OH is 1. The Hall–Kier alpha value is -20.6. The van der Waals surface area contributed by atoms with Crippen LogP contribution in [0.5, 0.6) is 0 Å². The molecule has 22 nitrogen and oxygen atoms in total. The Labute approximate surface area is 949 Å². The molecule has 144 heavy (non-hydrogen) atoms. The van der Waals surface area contributed by atoms with Gasteiger partial charge in [-0.1, -0.05) is 108 Å². The highest BCUT2D eigenvalue weighted by atomic mass is 16.6. The maximum Gasteiger partial charge on any atom is 0.410 e. The molecular formula is C122H163N3O19. The molecular weight excluding hydrogens is 1810 g/mol. The molecule has 6 atom stereocenters. The Bertz CT molecular complexity index is 7090. The molecule has 0 saturated carbocycles. The first-order chi connectivity index (χ1) is 99.9. The van der Waals surface area contributed by atoms with E-state index in [1.807, 2.05) is 109 Å². The fourth-order valence-corrected chi connectivity index (χ4v) is 8.15. The van der Waals surface area contributed by atoms with Crippen LogP contribution < -0.4 is 0 Å². The van der Waals surface area contributed by atoms with Gasteiger partial charge in [0.2, 0.25) is 0 Å². The van der Waals surface area contributed by atoms with Crippen molar-refractivity contribution in [1.82, 2.24) is 14.7 Å². The maximum atomic E-state index is 12.7. The van der Waals surface area contributed by atoms with Gasteiger partial charge < -0.3 is 48.5 Å². The number of likely N-dealkylation sites (N-methyl/N-ethyl adjacent to an activating group) is 3. The number of carbonyl (C=O) groups is 9. The van der Waals surface area contributed by atoms with Crippen LogP contribution in [-0.2, 0) is 75.1 Å². The van der Waals surface area contributed by atoms with E-state index in [-0.39, 0.29) is 32.4 Å². The number of ether oxygens (including phenoxy) is 7. The largest absolute Gasteiger partial charge is 0.480 e. The van der Waals surface area contributed by atoms with Gasteiger partial charge in [0.1, 0.15) is 55.6 Å². The molecule has 0 fully saturated rings. The summed E-state index contributed by atoms with van der Waals surface area (Å²) in [6, 6.07) is 15.9. The van der Waals surface area contributed by atoms with Gasteiger partial charge in [-0.15, -0.1) is 6.40 Å². The number of amides is 3. The molecule has 0 aromatic heterocycles. The normalized spacial score (nSPS) is 11.0. The third kappa shape index (κ3) is 79.9. The fourth-order valence-electron chi connectivity index (χ4n) is 8.15. The average molecular weight is 2040 g/mol. The maximum absolute atomic E-state index is 12.7. The highest BCUT2D eigenvalue weighted by Crippen LogP contribution is 2.21. The Morgan fingerprint density at radius 1 is 0.312 bits per heavy atom. The van der Waals surface area contributed by atoms with E-state index in [9.17, 15) is 43.2 Å². The Morgan fingerprint density at radius 2 is 0.514 bits per heavy atom. The number of benzene rings is 2. The van der Waals surface area contributed by atoms with Crippen molar-refractivity contribution in [3.8, 4) is 368 Å². The van der Waals surface area contributed by atoms with E-state index in [4.69, 9.17) is 142 Å². The van der Waals surface area contributed by atoms with Crippen molar-refractivity contribution in [2.45, 2.75) is 217 Å². The lowest BCUT2D eigenvalue weighted by atomic mass is 10.0. The van der Waals surface area contributed by atoms with E-state index < -0.39 is 107 Å². The number of carboxylic acids is 2. The van der Waals surface area contributed by atoms with Crippen LogP contribution in [0.1, 0.15) is 257 Å². The highest BCUT2D eigenvalue weighted by Gasteiger charge is 2.36. The van der Waals surface area contributed by atoms with Gasteiger partial charge in [0.15, 0.2) is 12.2 Å². The van der Waals surface area contributed by atoms with Gasteiger partial charge in [-0.3, -0.25) is 14.7 Å². The number of hydrogen-bond donors (Lipinski definition) is 3. The minimum Gasteiger partial charge on any atom is -0.480 e. The van der Waals surface area contributed by atoms with Gasteiger partial charge in [0, 0.05) is 375 Å². The molecule has 2 aromatic rings. The lowest BCUT2D eigenvalue weighted by molar-refractivity contribution is -0.170. The van der Waals surface area contributed by atoms with E-state index in [1.54, 1.807) is 69.2 Å². The quantitative estimate of drug-likeness (QED) is 0.0594. The van der Waals surface area contributed by atoms with Crippen LogP contribution in [0.4, 0.5) is 14.4 Å². The van der Waals surface area contributed by atoms with Crippen LogP contribution in [0.2, 0.25) is 0 Å². The molecule has 780 valence electrons. The Balaban J connectivity index is -0.0000000531. The summed E-state index contributed by atoms with van der Waals surface area (Å²) >= 11 is 0. The minimum absolute atomic E-state index is 0. The van der Waals surface area contributed by atoms with E-state index in [0.29, 0.717) is 19.3 Å². The molecule has 2 rings (SSSR count). The number of carboxylic acid groups (broad SMARTS) is 2. The van der Waals surface area contributed by atoms with Crippen LogP contribution in [0.3, 0.4) is 0 Å². The van der Waals surface area contributed by atoms with E-state index in [2.05, 4.69) is 361 Å². The van der Waals surface area contributed by atoms with Crippen molar-refractivity contribution in [2.24, 2.45) is 17.8 Å².